The number of rotatable bonds is 3. The summed E-state index contributed by atoms with van der Waals surface area (Å²) in [6.07, 6.45) is 2.99. The van der Waals surface area contributed by atoms with E-state index in [1.165, 1.54) is 18.3 Å². The molecule has 0 aliphatic heterocycles. The van der Waals surface area contributed by atoms with Crippen molar-refractivity contribution in [3.05, 3.63) is 53.6 Å². The number of pyridine rings is 1. The molecule has 0 spiro atoms. The third-order valence-corrected chi connectivity index (χ3v) is 4.69. The third kappa shape index (κ3) is 2.55. The van der Waals surface area contributed by atoms with Crippen LogP contribution in [0.15, 0.2) is 41.6 Å². The van der Waals surface area contributed by atoms with Crippen LogP contribution in [0.25, 0.3) is 11.0 Å². The maximum Gasteiger partial charge on any atom is 0.264 e. The number of nitrogens with one attached hydrogen (secondary N) is 2. The van der Waals surface area contributed by atoms with E-state index in [-0.39, 0.29) is 10.6 Å². The molecular formula is C15H14FN3O2S. The first kappa shape index (κ1) is 14.5. The minimum Gasteiger partial charge on any atom is -0.345 e. The maximum absolute atomic E-state index is 13.9. The van der Waals surface area contributed by atoms with Gasteiger partial charge in [-0.2, -0.15) is 0 Å². The molecule has 2 N–H and O–H groups in total. The van der Waals surface area contributed by atoms with Crippen LogP contribution < -0.4 is 4.72 Å². The number of hydrogen-bond acceptors (Lipinski definition) is 3. The van der Waals surface area contributed by atoms with Crippen LogP contribution in [0.1, 0.15) is 11.1 Å². The van der Waals surface area contributed by atoms with Crippen LogP contribution in [-0.2, 0) is 10.0 Å². The number of nitrogens with zero attached hydrogens (tertiary/aromatic N) is 1. The zero-order valence-corrected chi connectivity index (χ0v) is 12.8. The van der Waals surface area contributed by atoms with Gasteiger partial charge in [-0.3, -0.25) is 4.72 Å². The Hall–Kier alpha value is -2.41. The predicted molar refractivity (Wildman–Crippen MR) is 82.8 cm³/mol. The summed E-state index contributed by atoms with van der Waals surface area (Å²) in [5, 5.41) is 0.472. The highest BCUT2D eigenvalue weighted by Gasteiger charge is 2.21. The lowest BCUT2D eigenvalue weighted by atomic mass is 10.2. The standard InChI is InChI=1S/C15H14FN3O2S/c1-9-3-4-13(12(16)6-9)19-22(20,21)14-8-18-15-11(14)5-10(2)7-17-15/h3-8,19H,1-2H3,(H,17,18). The van der Waals surface area contributed by atoms with Gasteiger partial charge >= 0.3 is 0 Å². The minimum absolute atomic E-state index is 0.0404. The van der Waals surface area contributed by atoms with Gasteiger partial charge in [0.1, 0.15) is 16.4 Å². The Kier molecular flexibility index (Phi) is 3.37. The molecule has 0 bridgehead atoms. The molecule has 2 aromatic heterocycles. The van der Waals surface area contributed by atoms with Crippen molar-refractivity contribution in [2.75, 3.05) is 4.72 Å². The molecule has 114 valence electrons. The van der Waals surface area contributed by atoms with E-state index in [1.807, 2.05) is 6.92 Å². The van der Waals surface area contributed by atoms with Crippen LogP contribution in [0.3, 0.4) is 0 Å². The average Bonchev–Trinajstić information content (AvgIpc) is 2.85. The number of halogens is 1. The van der Waals surface area contributed by atoms with Crippen molar-refractivity contribution in [3.63, 3.8) is 0 Å². The van der Waals surface area contributed by atoms with Crippen molar-refractivity contribution in [1.82, 2.24) is 9.97 Å². The molecule has 0 saturated heterocycles. The van der Waals surface area contributed by atoms with Crippen molar-refractivity contribution >= 4 is 26.7 Å². The number of aromatic amines is 1. The molecule has 2 heterocycles. The molecule has 0 radical (unpaired) electrons. The summed E-state index contributed by atoms with van der Waals surface area (Å²) in [6, 6.07) is 6.04. The molecule has 3 rings (SSSR count). The number of aromatic nitrogens is 2. The molecule has 7 heteroatoms. The van der Waals surface area contributed by atoms with E-state index in [0.717, 1.165) is 5.56 Å². The minimum atomic E-state index is -3.91. The second-order valence-electron chi connectivity index (χ2n) is 5.15. The van der Waals surface area contributed by atoms with E-state index in [9.17, 15) is 12.8 Å². The Balaban J connectivity index is 2.06. The molecule has 22 heavy (non-hydrogen) atoms. The lowest BCUT2D eigenvalue weighted by Gasteiger charge is -2.08. The molecule has 0 unspecified atom stereocenters. The fourth-order valence-electron chi connectivity index (χ4n) is 2.21. The second-order valence-corrected chi connectivity index (χ2v) is 6.80. The quantitative estimate of drug-likeness (QED) is 0.779. The second kappa shape index (κ2) is 5.10. The highest BCUT2D eigenvalue weighted by molar-refractivity contribution is 7.93. The molecule has 0 aliphatic carbocycles. The van der Waals surface area contributed by atoms with Crippen molar-refractivity contribution in [1.29, 1.82) is 0 Å². The molecular weight excluding hydrogens is 305 g/mol. The third-order valence-electron chi connectivity index (χ3n) is 3.29. The number of benzene rings is 1. The van der Waals surface area contributed by atoms with Gasteiger partial charge in [-0.25, -0.2) is 17.8 Å². The maximum atomic E-state index is 13.9. The summed E-state index contributed by atoms with van der Waals surface area (Å²) < 4.78 is 41.1. The van der Waals surface area contributed by atoms with E-state index < -0.39 is 15.8 Å². The van der Waals surface area contributed by atoms with E-state index in [1.54, 1.807) is 25.3 Å². The highest BCUT2D eigenvalue weighted by Crippen LogP contribution is 2.25. The Bertz CT molecular complexity index is 964. The van der Waals surface area contributed by atoms with E-state index in [0.29, 0.717) is 16.6 Å². The number of sulfonamides is 1. The van der Waals surface area contributed by atoms with Crippen molar-refractivity contribution in [3.8, 4) is 0 Å². The lowest BCUT2D eigenvalue weighted by molar-refractivity contribution is 0.599. The largest absolute Gasteiger partial charge is 0.345 e. The van der Waals surface area contributed by atoms with Crippen LogP contribution in [-0.4, -0.2) is 18.4 Å². The van der Waals surface area contributed by atoms with Gasteiger partial charge < -0.3 is 4.98 Å². The number of anilines is 1. The van der Waals surface area contributed by atoms with E-state index in [4.69, 9.17) is 0 Å². The van der Waals surface area contributed by atoms with Crippen LogP contribution in [0, 0.1) is 19.7 Å². The summed E-state index contributed by atoms with van der Waals surface area (Å²) in [7, 11) is -3.91. The first-order valence-electron chi connectivity index (χ1n) is 6.59. The smallest absolute Gasteiger partial charge is 0.264 e. The Morgan fingerprint density at radius 3 is 2.68 bits per heavy atom. The number of aryl methyl sites for hydroxylation is 2. The topological polar surface area (TPSA) is 74.8 Å². The van der Waals surface area contributed by atoms with E-state index in [2.05, 4.69) is 14.7 Å². The molecule has 0 aliphatic rings. The van der Waals surface area contributed by atoms with E-state index >= 15 is 0 Å². The van der Waals surface area contributed by atoms with Gasteiger partial charge in [-0.05, 0) is 43.2 Å². The summed E-state index contributed by atoms with van der Waals surface area (Å²) in [6.45, 7) is 3.55. The van der Waals surface area contributed by atoms with Gasteiger partial charge in [0.2, 0.25) is 0 Å². The average molecular weight is 319 g/mol. The SMILES string of the molecule is Cc1ccc(NS(=O)(=O)c2c[nH]c3ncc(C)cc23)c(F)c1. The molecule has 1 aromatic carbocycles. The van der Waals surface area contributed by atoms with Gasteiger partial charge in [0.25, 0.3) is 10.0 Å². The Morgan fingerprint density at radius 2 is 1.95 bits per heavy atom. The molecule has 0 atom stereocenters. The molecule has 3 aromatic rings. The summed E-state index contributed by atoms with van der Waals surface area (Å²) in [4.78, 5) is 6.98. The monoisotopic (exact) mass is 319 g/mol. The zero-order valence-electron chi connectivity index (χ0n) is 12.0. The molecule has 0 amide bonds. The fourth-order valence-corrected chi connectivity index (χ4v) is 3.43. The van der Waals surface area contributed by atoms with Gasteiger partial charge in [0.05, 0.1) is 5.69 Å². The Labute approximate surface area is 127 Å². The first-order valence-corrected chi connectivity index (χ1v) is 8.08. The number of H-pyrrole nitrogens is 1. The molecule has 5 nitrogen and oxygen atoms in total. The lowest BCUT2D eigenvalue weighted by Crippen LogP contribution is -2.13. The summed E-state index contributed by atoms with van der Waals surface area (Å²) in [5.74, 6) is -0.613. The van der Waals surface area contributed by atoms with Crippen molar-refractivity contribution < 1.29 is 12.8 Å². The van der Waals surface area contributed by atoms with Crippen LogP contribution in [0.2, 0.25) is 0 Å². The fraction of sp³-hybridized carbons (Fsp3) is 0.133. The normalized spacial score (nSPS) is 11.8. The summed E-state index contributed by atoms with van der Waals surface area (Å²) >= 11 is 0. The van der Waals surface area contributed by atoms with Gasteiger partial charge in [-0.15, -0.1) is 0 Å². The van der Waals surface area contributed by atoms with Crippen molar-refractivity contribution in [2.24, 2.45) is 0 Å². The van der Waals surface area contributed by atoms with Gasteiger partial charge in [0.15, 0.2) is 0 Å². The van der Waals surface area contributed by atoms with Crippen LogP contribution in [0.5, 0.6) is 0 Å². The number of hydrogen-bond donors (Lipinski definition) is 2. The number of fused-ring (bicyclic) bond motifs is 1. The molecule has 0 saturated carbocycles. The predicted octanol–water partition coefficient (Wildman–Crippen LogP) is 3.12. The van der Waals surface area contributed by atoms with Crippen LogP contribution in [0.4, 0.5) is 10.1 Å². The van der Waals surface area contributed by atoms with Crippen molar-refractivity contribution in [2.45, 2.75) is 18.7 Å². The van der Waals surface area contributed by atoms with Gasteiger partial charge in [0, 0.05) is 17.8 Å². The first-order chi connectivity index (χ1) is 10.4. The summed E-state index contributed by atoms with van der Waals surface area (Å²) in [5.41, 5.74) is 1.94. The zero-order chi connectivity index (χ0) is 15.9. The highest BCUT2D eigenvalue weighted by atomic mass is 32.2. The molecule has 0 fully saturated rings. The Morgan fingerprint density at radius 1 is 1.18 bits per heavy atom. The van der Waals surface area contributed by atoms with Crippen LogP contribution >= 0.6 is 0 Å². The van der Waals surface area contributed by atoms with Gasteiger partial charge in [-0.1, -0.05) is 6.07 Å².